The molecule has 1 saturated heterocycles. The van der Waals surface area contributed by atoms with Gasteiger partial charge in [0.2, 0.25) is 10.0 Å². The molecule has 29 heavy (non-hydrogen) atoms. The number of carbonyl (C=O) groups is 1. The first kappa shape index (κ1) is 21.5. The standard InChI is InChI=1S/C22H26FNO4S/c1-15(2)18-5-4-16(3)21(14-18)28-22(25)17-10-12-24(13-11-17)29(26,27)20-8-6-19(23)7-9-20/h4-9,14-15,17H,10-13H2,1-3H3. The number of aryl methyl sites for hydroxylation is 1. The number of hydrogen-bond acceptors (Lipinski definition) is 4. The second kappa shape index (κ2) is 8.63. The van der Waals surface area contributed by atoms with E-state index in [4.69, 9.17) is 4.74 Å². The highest BCUT2D eigenvalue weighted by Crippen LogP contribution is 2.28. The summed E-state index contributed by atoms with van der Waals surface area (Å²) in [4.78, 5) is 12.7. The summed E-state index contributed by atoms with van der Waals surface area (Å²) in [6, 6.07) is 10.6. The first-order valence-electron chi connectivity index (χ1n) is 9.76. The van der Waals surface area contributed by atoms with Crippen molar-refractivity contribution in [3.05, 3.63) is 59.4 Å². The van der Waals surface area contributed by atoms with Crippen LogP contribution in [0.4, 0.5) is 4.39 Å². The van der Waals surface area contributed by atoms with Gasteiger partial charge in [0.25, 0.3) is 0 Å². The van der Waals surface area contributed by atoms with E-state index in [1.54, 1.807) is 0 Å². The molecular formula is C22H26FNO4S. The van der Waals surface area contributed by atoms with Crippen molar-refractivity contribution in [1.29, 1.82) is 0 Å². The van der Waals surface area contributed by atoms with Gasteiger partial charge < -0.3 is 4.74 Å². The Labute approximate surface area is 171 Å². The highest BCUT2D eigenvalue weighted by atomic mass is 32.2. The van der Waals surface area contributed by atoms with E-state index in [0.717, 1.165) is 23.3 Å². The number of carbonyl (C=O) groups excluding carboxylic acids is 1. The molecule has 1 aliphatic heterocycles. The average Bonchev–Trinajstić information content (AvgIpc) is 2.70. The maximum absolute atomic E-state index is 13.1. The number of nitrogens with zero attached hydrogens (tertiary/aromatic N) is 1. The topological polar surface area (TPSA) is 63.7 Å². The fourth-order valence-corrected chi connectivity index (χ4v) is 4.83. The number of hydrogen-bond donors (Lipinski definition) is 0. The summed E-state index contributed by atoms with van der Waals surface area (Å²) in [5, 5.41) is 0. The van der Waals surface area contributed by atoms with E-state index in [9.17, 15) is 17.6 Å². The molecule has 0 bridgehead atoms. The molecule has 0 unspecified atom stereocenters. The molecule has 3 rings (SSSR count). The van der Waals surface area contributed by atoms with Gasteiger partial charge >= 0.3 is 5.97 Å². The van der Waals surface area contributed by atoms with Crippen molar-refractivity contribution in [3.63, 3.8) is 0 Å². The molecule has 0 amide bonds. The van der Waals surface area contributed by atoms with Crippen molar-refractivity contribution >= 4 is 16.0 Å². The van der Waals surface area contributed by atoms with E-state index in [1.807, 2.05) is 25.1 Å². The predicted molar refractivity (Wildman–Crippen MR) is 109 cm³/mol. The zero-order valence-corrected chi connectivity index (χ0v) is 17.7. The average molecular weight is 420 g/mol. The van der Waals surface area contributed by atoms with Gasteiger partial charge in [-0.3, -0.25) is 4.79 Å². The maximum atomic E-state index is 13.1. The first-order valence-corrected chi connectivity index (χ1v) is 11.2. The number of sulfonamides is 1. The second-order valence-corrected chi connectivity index (χ2v) is 9.67. The van der Waals surface area contributed by atoms with Crippen LogP contribution in [0.25, 0.3) is 0 Å². The fraction of sp³-hybridized carbons (Fsp3) is 0.409. The normalized spacial score (nSPS) is 16.2. The van der Waals surface area contributed by atoms with Crippen molar-refractivity contribution in [3.8, 4) is 5.75 Å². The van der Waals surface area contributed by atoms with Gasteiger partial charge in [-0.15, -0.1) is 0 Å². The van der Waals surface area contributed by atoms with Crippen LogP contribution in [0.2, 0.25) is 0 Å². The Morgan fingerprint density at radius 2 is 1.72 bits per heavy atom. The molecular weight excluding hydrogens is 393 g/mol. The van der Waals surface area contributed by atoms with Gasteiger partial charge in [0, 0.05) is 13.1 Å². The van der Waals surface area contributed by atoms with Gasteiger partial charge in [0.15, 0.2) is 0 Å². The second-order valence-electron chi connectivity index (χ2n) is 7.73. The minimum atomic E-state index is -3.69. The van der Waals surface area contributed by atoms with Crippen LogP contribution in [0.3, 0.4) is 0 Å². The summed E-state index contributed by atoms with van der Waals surface area (Å²) in [6.07, 6.45) is 0.782. The van der Waals surface area contributed by atoms with Crippen LogP contribution in [0.1, 0.15) is 43.7 Å². The summed E-state index contributed by atoms with van der Waals surface area (Å²) in [6.45, 7) is 6.50. The fourth-order valence-electron chi connectivity index (χ4n) is 3.36. The predicted octanol–water partition coefficient (Wildman–Crippen LogP) is 4.26. The van der Waals surface area contributed by atoms with Gasteiger partial charge in [-0.05, 0) is 67.1 Å². The summed E-state index contributed by atoms with van der Waals surface area (Å²) in [5.74, 6) is -0.276. The van der Waals surface area contributed by atoms with E-state index >= 15 is 0 Å². The summed E-state index contributed by atoms with van der Waals surface area (Å²) < 4.78 is 45.5. The lowest BCUT2D eigenvalue weighted by molar-refractivity contribution is -0.140. The Kier molecular flexibility index (Phi) is 6.39. The number of esters is 1. The van der Waals surface area contributed by atoms with Crippen LogP contribution < -0.4 is 4.74 Å². The monoisotopic (exact) mass is 419 g/mol. The van der Waals surface area contributed by atoms with Crippen LogP contribution in [0.5, 0.6) is 5.75 Å². The van der Waals surface area contributed by atoms with E-state index in [-0.39, 0.29) is 29.9 Å². The number of benzene rings is 2. The number of halogens is 1. The van der Waals surface area contributed by atoms with Gasteiger partial charge in [0.05, 0.1) is 10.8 Å². The molecule has 0 atom stereocenters. The summed E-state index contributed by atoms with van der Waals surface area (Å²) in [5.41, 5.74) is 1.98. The van der Waals surface area contributed by atoms with E-state index in [1.165, 1.54) is 16.4 Å². The molecule has 0 aromatic heterocycles. The van der Waals surface area contributed by atoms with Crippen molar-refractivity contribution < 1.29 is 22.3 Å². The van der Waals surface area contributed by atoms with Crippen LogP contribution in [-0.4, -0.2) is 31.8 Å². The number of ether oxygens (including phenoxy) is 1. The molecule has 1 fully saturated rings. The Morgan fingerprint density at radius 1 is 1.10 bits per heavy atom. The smallest absolute Gasteiger partial charge is 0.314 e. The van der Waals surface area contributed by atoms with E-state index < -0.39 is 15.8 Å². The number of rotatable bonds is 5. The first-order chi connectivity index (χ1) is 13.7. The maximum Gasteiger partial charge on any atom is 0.314 e. The minimum absolute atomic E-state index is 0.0565. The lowest BCUT2D eigenvalue weighted by Crippen LogP contribution is -2.41. The Hall–Kier alpha value is -2.25. The molecule has 156 valence electrons. The Bertz CT molecular complexity index is 978. The van der Waals surface area contributed by atoms with Gasteiger partial charge in [-0.1, -0.05) is 26.0 Å². The van der Waals surface area contributed by atoms with Crippen LogP contribution in [0, 0.1) is 18.7 Å². The summed E-state index contributed by atoms with van der Waals surface area (Å²) >= 11 is 0. The third-order valence-electron chi connectivity index (χ3n) is 5.33. The zero-order chi connectivity index (χ0) is 21.2. The molecule has 7 heteroatoms. The molecule has 0 saturated carbocycles. The molecule has 0 radical (unpaired) electrons. The molecule has 0 spiro atoms. The minimum Gasteiger partial charge on any atom is -0.426 e. The SMILES string of the molecule is Cc1ccc(C(C)C)cc1OC(=O)C1CCN(S(=O)(=O)c2ccc(F)cc2)CC1. The van der Waals surface area contributed by atoms with E-state index in [2.05, 4.69) is 13.8 Å². The molecule has 5 nitrogen and oxygen atoms in total. The van der Waals surface area contributed by atoms with Crippen molar-refractivity contribution in [2.24, 2.45) is 5.92 Å². The molecule has 1 aliphatic rings. The Morgan fingerprint density at radius 3 is 2.31 bits per heavy atom. The van der Waals surface area contributed by atoms with Crippen molar-refractivity contribution in [2.75, 3.05) is 13.1 Å². The highest BCUT2D eigenvalue weighted by molar-refractivity contribution is 7.89. The third kappa shape index (κ3) is 4.85. The van der Waals surface area contributed by atoms with Crippen LogP contribution in [-0.2, 0) is 14.8 Å². The zero-order valence-electron chi connectivity index (χ0n) is 16.9. The largest absolute Gasteiger partial charge is 0.426 e. The van der Waals surface area contributed by atoms with Crippen molar-refractivity contribution in [1.82, 2.24) is 4.31 Å². The summed E-state index contributed by atoms with van der Waals surface area (Å²) in [7, 11) is -3.69. The Balaban J connectivity index is 1.64. The highest BCUT2D eigenvalue weighted by Gasteiger charge is 2.33. The van der Waals surface area contributed by atoms with E-state index in [0.29, 0.717) is 24.5 Å². The van der Waals surface area contributed by atoms with Crippen LogP contribution in [0.15, 0.2) is 47.4 Å². The van der Waals surface area contributed by atoms with Gasteiger partial charge in [-0.2, -0.15) is 4.31 Å². The number of piperidine rings is 1. The van der Waals surface area contributed by atoms with Crippen molar-refractivity contribution in [2.45, 2.75) is 44.4 Å². The lowest BCUT2D eigenvalue weighted by atomic mass is 9.98. The lowest BCUT2D eigenvalue weighted by Gasteiger charge is -2.30. The molecule has 2 aromatic carbocycles. The molecule has 0 N–H and O–H groups in total. The van der Waals surface area contributed by atoms with Crippen LogP contribution >= 0.6 is 0 Å². The quantitative estimate of drug-likeness (QED) is 0.537. The molecule has 2 aromatic rings. The molecule has 1 heterocycles. The van der Waals surface area contributed by atoms with Gasteiger partial charge in [-0.25, -0.2) is 12.8 Å². The van der Waals surface area contributed by atoms with Gasteiger partial charge in [0.1, 0.15) is 11.6 Å². The molecule has 0 aliphatic carbocycles. The third-order valence-corrected chi connectivity index (χ3v) is 7.24.